The van der Waals surface area contributed by atoms with E-state index in [1.807, 2.05) is 0 Å². The minimum absolute atomic E-state index is 0.0755. The maximum atomic E-state index is 10.7. The highest BCUT2D eigenvalue weighted by Gasteiger charge is 2.13. The third kappa shape index (κ3) is 3.11. The Morgan fingerprint density at radius 2 is 2.05 bits per heavy atom. The predicted molar refractivity (Wildman–Crippen MR) is 69.0 cm³/mol. The lowest BCUT2D eigenvalue weighted by Gasteiger charge is -2.09. The Morgan fingerprint density at radius 3 is 2.68 bits per heavy atom. The van der Waals surface area contributed by atoms with Crippen LogP contribution < -0.4 is 9.47 Å². The summed E-state index contributed by atoms with van der Waals surface area (Å²) >= 11 is 5.79. The van der Waals surface area contributed by atoms with Crippen LogP contribution in [0, 0.1) is 10.1 Å². The molecule has 0 saturated heterocycles. The molecule has 0 aliphatic rings. The van der Waals surface area contributed by atoms with E-state index in [0.29, 0.717) is 16.5 Å². The normalized spacial score (nSPS) is 10.0. The number of non-ortho nitro benzene ring substituents is 1. The number of nitro benzene ring substituents is 1. The van der Waals surface area contributed by atoms with Gasteiger partial charge in [-0.25, -0.2) is 0 Å². The number of rotatable bonds is 4. The summed E-state index contributed by atoms with van der Waals surface area (Å²) in [6, 6.07) is 5.65. The number of nitro groups is 1. The van der Waals surface area contributed by atoms with Crippen molar-refractivity contribution in [2.75, 3.05) is 7.11 Å². The maximum absolute atomic E-state index is 10.7. The molecule has 2 rings (SSSR count). The lowest BCUT2D eigenvalue weighted by molar-refractivity contribution is -0.384. The van der Waals surface area contributed by atoms with E-state index in [9.17, 15) is 10.1 Å². The number of pyridine rings is 1. The predicted octanol–water partition coefficient (Wildman–Crippen LogP) is 3.44. The molecule has 7 heteroatoms. The van der Waals surface area contributed by atoms with Crippen molar-refractivity contribution >= 4 is 17.3 Å². The van der Waals surface area contributed by atoms with Gasteiger partial charge in [0.2, 0.25) is 0 Å². The molecule has 19 heavy (non-hydrogen) atoms. The van der Waals surface area contributed by atoms with Crippen molar-refractivity contribution < 1.29 is 14.4 Å². The number of halogens is 1. The van der Waals surface area contributed by atoms with Crippen LogP contribution in [0.3, 0.4) is 0 Å². The summed E-state index contributed by atoms with van der Waals surface area (Å²) in [7, 11) is 1.40. The van der Waals surface area contributed by atoms with Gasteiger partial charge in [0.1, 0.15) is 5.75 Å². The molecule has 0 atom stereocenters. The topological polar surface area (TPSA) is 74.5 Å². The number of methoxy groups -OCH3 is 1. The highest BCUT2D eigenvalue weighted by Crippen LogP contribution is 2.34. The van der Waals surface area contributed by atoms with E-state index in [-0.39, 0.29) is 11.4 Å². The monoisotopic (exact) mass is 280 g/mol. The molecule has 1 aromatic heterocycles. The molecule has 0 fully saturated rings. The van der Waals surface area contributed by atoms with Gasteiger partial charge in [-0.05, 0) is 6.07 Å². The van der Waals surface area contributed by atoms with E-state index in [1.165, 1.54) is 37.7 Å². The second kappa shape index (κ2) is 5.53. The van der Waals surface area contributed by atoms with Gasteiger partial charge in [-0.1, -0.05) is 11.6 Å². The van der Waals surface area contributed by atoms with Crippen molar-refractivity contribution in [3.8, 4) is 17.2 Å². The first-order chi connectivity index (χ1) is 9.10. The Labute approximate surface area is 113 Å². The van der Waals surface area contributed by atoms with Crippen molar-refractivity contribution in [1.29, 1.82) is 0 Å². The fourth-order valence-electron chi connectivity index (χ4n) is 1.43. The zero-order valence-electron chi connectivity index (χ0n) is 9.87. The average molecular weight is 281 g/mol. The van der Waals surface area contributed by atoms with Crippen LogP contribution in [0.4, 0.5) is 5.69 Å². The second-order valence-corrected chi connectivity index (χ2v) is 3.97. The van der Waals surface area contributed by atoms with E-state index in [0.717, 1.165) is 0 Å². The van der Waals surface area contributed by atoms with Crippen LogP contribution in [0.1, 0.15) is 0 Å². The quantitative estimate of drug-likeness (QED) is 0.633. The molecule has 0 N–H and O–H groups in total. The lowest BCUT2D eigenvalue weighted by atomic mass is 10.3. The fraction of sp³-hybridized carbons (Fsp3) is 0.0833. The van der Waals surface area contributed by atoms with Gasteiger partial charge in [0.15, 0.2) is 11.5 Å². The van der Waals surface area contributed by atoms with E-state index < -0.39 is 4.92 Å². The van der Waals surface area contributed by atoms with Crippen LogP contribution in [-0.2, 0) is 0 Å². The summed E-state index contributed by atoms with van der Waals surface area (Å²) in [4.78, 5) is 14.0. The van der Waals surface area contributed by atoms with Gasteiger partial charge in [-0.3, -0.25) is 15.1 Å². The Balaban J connectivity index is 2.32. The first kappa shape index (κ1) is 13.1. The van der Waals surface area contributed by atoms with E-state index in [4.69, 9.17) is 21.1 Å². The zero-order valence-corrected chi connectivity index (χ0v) is 10.6. The largest absolute Gasteiger partial charge is 0.493 e. The molecule has 98 valence electrons. The molecule has 0 aliphatic heterocycles. The van der Waals surface area contributed by atoms with Crippen LogP contribution >= 0.6 is 11.6 Å². The van der Waals surface area contributed by atoms with Gasteiger partial charge in [-0.2, -0.15) is 0 Å². The smallest absolute Gasteiger partial charge is 0.273 e. The number of hydrogen-bond donors (Lipinski definition) is 0. The van der Waals surface area contributed by atoms with Crippen molar-refractivity contribution in [1.82, 2.24) is 4.98 Å². The molecule has 0 saturated carbocycles. The molecule has 0 aliphatic carbocycles. The van der Waals surface area contributed by atoms with Gasteiger partial charge in [-0.15, -0.1) is 0 Å². The van der Waals surface area contributed by atoms with Crippen molar-refractivity contribution in [2.45, 2.75) is 0 Å². The van der Waals surface area contributed by atoms with E-state index in [1.54, 1.807) is 6.07 Å². The molecule has 1 aromatic carbocycles. The van der Waals surface area contributed by atoms with Crippen LogP contribution in [-0.4, -0.2) is 17.0 Å². The van der Waals surface area contributed by atoms with E-state index in [2.05, 4.69) is 4.98 Å². The highest BCUT2D eigenvalue weighted by molar-refractivity contribution is 6.30. The molecule has 0 radical (unpaired) electrons. The SMILES string of the molecule is COc1cc([N+](=O)[O-])ccc1Oc1cncc(Cl)c1. The molecular formula is C12H9ClN2O4. The molecule has 0 amide bonds. The van der Waals surface area contributed by atoms with Gasteiger partial charge in [0.25, 0.3) is 5.69 Å². The number of nitrogens with zero attached hydrogens (tertiary/aromatic N) is 2. The lowest BCUT2D eigenvalue weighted by Crippen LogP contribution is -1.93. The number of hydrogen-bond acceptors (Lipinski definition) is 5. The summed E-state index contributed by atoms with van der Waals surface area (Å²) in [5, 5.41) is 11.1. The molecular weight excluding hydrogens is 272 g/mol. The Morgan fingerprint density at radius 1 is 1.26 bits per heavy atom. The minimum atomic E-state index is -0.507. The average Bonchev–Trinajstić information content (AvgIpc) is 2.39. The standard InChI is InChI=1S/C12H9ClN2O4/c1-18-12-5-9(15(16)17)2-3-11(12)19-10-4-8(13)6-14-7-10/h2-7H,1H3. The number of benzene rings is 1. The Hall–Kier alpha value is -2.34. The number of aromatic nitrogens is 1. The molecule has 1 heterocycles. The van der Waals surface area contributed by atoms with Crippen LogP contribution in [0.15, 0.2) is 36.7 Å². The highest BCUT2D eigenvalue weighted by atomic mass is 35.5. The second-order valence-electron chi connectivity index (χ2n) is 3.53. The third-order valence-corrected chi connectivity index (χ3v) is 2.47. The Kier molecular flexibility index (Phi) is 3.82. The summed E-state index contributed by atoms with van der Waals surface area (Å²) < 4.78 is 10.6. The molecule has 2 aromatic rings. The summed E-state index contributed by atoms with van der Waals surface area (Å²) in [6.07, 6.45) is 2.95. The van der Waals surface area contributed by atoms with Gasteiger partial charge < -0.3 is 9.47 Å². The summed E-state index contributed by atoms with van der Waals surface area (Å²) in [5.74, 6) is 1.02. The fourth-order valence-corrected chi connectivity index (χ4v) is 1.59. The Bertz CT molecular complexity index is 618. The van der Waals surface area contributed by atoms with Crippen molar-refractivity contribution in [2.24, 2.45) is 0 Å². The minimum Gasteiger partial charge on any atom is -0.493 e. The van der Waals surface area contributed by atoms with Crippen LogP contribution in [0.2, 0.25) is 5.02 Å². The van der Waals surface area contributed by atoms with Crippen molar-refractivity contribution in [3.05, 3.63) is 51.8 Å². The van der Waals surface area contributed by atoms with Crippen molar-refractivity contribution in [3.63, 3.8) is 0 Å². The maximum Gasteiger partial charge on any atom is 0.273 e. The molecule has 6 nitrogen and oxygen atoms in total. The number of ether oxygens (including phenoxy) is 2. The zero-order chi connectivity index (χ0) is 13.8. The van der Waals surface area contributed by atoms with Gasteiger partial charge >= 0.3 is 0 Å². The molecule has 0 bridgehead atoms. The third-order valence-electron chi connectivity index (χ3n) is 2.27. The molecule has 0 unspecified atom stereocenters. The summed E-state index contributed by atoms with van der Waals surface area (Å²) in [5.41, 5.74) is -0.0755. The first-order valence-corrected chi connectivity index (χ1v) is 5.59. The van der Waals surface area contributed by atoms with Gasteiger partial charge in [0, 0.05) is 18.3 Å². The van der Waals surface area contributed by atoms with Crippen LogP contribution in [0.25, 0.3) is 0 Å². The van der Waals surface area contributed by atoms with Crippen LogP contribution in [0.5, 0.6) is 17.2 Å². The van der Waals surface area contributed by atoms with Gasteiger partial charge in [0.05, 0.1) is 29.3 Å². The molecule has 0 spiro atoms. The summed E-state index contributed by atoms with van der Waals surface area (Å²) in [6.45, 7) is 0. The first-order valence-electron chi connectivity index (χ1n) is 5.21. The van der Waals surface area contributed by atoms with E-state index >= 15 is 0 Å².